The van der Waals surface area contributed by atoms with Gasteiger partial charge in [-0.15, -0.1) is 0 Å². The van der Waals surface area contributed by atoms with E-state index in [1.165, 1.54) is 15.9 Å². The molecule has 0 aliphatic carbocycles. The van der Waals surface area contributed by atoms with Gasteiger partial charge in [-0.3, -0.25) is 5.73 Å². The number of hydrogen-bond acceptors (Lipinski definition) is 5. The average Bonchev–Trinajstić information content (AvgIpc) is 1.98. The van der Waals surface area contributed by atoms with Crippen molar-refractivity contribution in [2.45, 2.75) is 14.1 Å². The molecule has 0 unspecified atom stereocenters. The molecule has 0 bridgehead atoms. The van der Waals surface area contributed by atoms with Gasteiger partial charge in [-0.1, -0.05) is 0 Å². The zero-order chi connectivity index (χ0) is 14.5. The van der Waals surface area contributed by atoms with E-state index in [0.29, 0.717) is 0 Å². The maximum absolute atomic E-state index is 11.9. The summed E-state index contributed by atoms with van der Waals surface area (Å²) in [5.74, 6) is 0. The summed E-state index contributed by atoms with van der Waals surface area (Å²) in [6, 6.07) is 0. The van der Waals surface area contributed by atoms with Crippen LogP contribution in [-0.4, -0.2) is 31.0 Å². The molecule has 0 atom stereocenters. The third kappa shape index (κ3) is 2.39. The Bertz CT molecular complexity index is 454. The topological polar surface area (TPSA) is 94.3 Å². The van der Waals surface area contributed by atoms with Crippen LogP contribution in [-0.2, 0) is 19.7 Å². The molecule has 0 saturated carbocycles. The van der Waals surface area contributed by atoms with Crippen molar-refractivity contribution in [3.05, 3.63) is 0 Å². The molecule has 104 valence electrons. The van der Waals surface area contributed by atoms with Crippen molar-refractivity contribution in [1.29, 1.82) is 0 Å². The van der Waals surface area contributed by atoms with Crippen molar-refractivity contribution in [1.82, 2.24) is 0 Å². The quantitative estimate of drug-likeness (QED) is 0.439. The first-order valence-corrected chi connectivity index (χ1v) is 6.85. The third-order valence-electron chi connectivity index (χ3n) is 1.34. The van der Waals surface area contributed by atoms with E-state index in [2.05, 4.69) is 5.73 Å². The monoisotopic (exact) mass is 373 g/mol. The molecule has 0 aliphatic heterocycles. The molecule has 0 radical (unpaired) electrons. The van der Waals surface area contributed by atoms with E-state index in [-0.39, 0.29) is 0 Å². The Balaban J connectivity index is 6.14. The number of sulfone groups is 2. The van der Waals surface area contributed by atoms with Gasteiger partial charge in [0.2, 0.25) is 0 Å². The highest BCUT2D eigenvalue weighted by Gasteiger charge is 2.70. The Morgan fingerprint density at radius 2 is 0.941 bits per heavy atom. The minimum atomic E-state index is -6.83. The first kappa shape index (κ1) is 16.9. The Morgan fingerprint density at radius 3 is 1.06 bits per heavy atom. The molecule has 0 rings (SSSR count). The molecule has 0 fully saturated rings. The van der Waals surface area contributed by atoms with Crippen molar-refractivity contribution < 1.29 is 43.2 Å². The van der Waals surface area contributed by atoms with Gasteiger partial charge < -0.3 is 0 Å². The standard InChI is InChI=1S/C3H2BrF6NO4S2/c4-1(11,16(12,13)2(5,6)7)17(14,15)3(8,9)10/h11H2. The Labute approximate surface area is 98.9 Å². The van der Waals surface area contributed by atoms with E-state index in [9.17, 15) is 43.2 Å². The highest BCUT2D eigenvalue weighted by molar-refractivity contribution is 9.13. The smallest absolute Gasteiger partial charge is 0.290 e. The fraction of sp³-hybridized carbons (Fsp3) is 1.00. The molecule has 0 aromatic carbocycles. The molecule has 0 heterocycles. The Morgan fingerprint density at radius 1 is 0.765 bits per heavy atom. The Kier molecular flexibility index (Phi) is 3.94. The summed E-state index contributed by atoms with van der Waals surface area (Å²) in [7, 11) is -13.7. The predicted octanol–water partition coefficient (Wildman–Crippen LogP) is 0.821. The lowest BCUT2D eigenvalue weighted by Crippen LogP contribution is -2.57. The van der Waals surface area contributed by atoms with Crippen molar-refractivity contribution in [3.8, 4) is 0 Å². The molecule has 17 heavy (non-hydrogen) atoms. The largest absolute Gasteiger partial charge is 0.501 e. The van der Waals surface area contributed by atoms with Crippen LogP contribution in [0.3, 0.4) is 0 Å². The summed E-state index contributed by atoms with van der Waals surface area (Å²) in [5.41, 5.74) is -8.40. The second-order valence-electron chi connectivity index (χ2n) is 2.48. The van der Waals surface area contributed by atoms with Crippen LogP contribution in [0.15, 0.2) is 0 Å². The van der Waals surface area contributed by atoms with E-state index < -0.39 is 33.8 Å². The van der Waals surface area contributed by atoms with Crippen LogP contribution in [0.4, 0.5) is 26.3 Å². The fourth-order valence-electron chi connectivity index (χ4n) is 0.460. The van der Waals surface area contributed by atoms with E-state index in [4.69, 9.17) is 0 Å². The number of hydrogen-bond donors (Lipinski definition) is 1. The van der Waals surface area contributed by atoms with Gasteiger partial charge in [-0.25, -0.2) is 16.8 Å². The summed E-state index contributed by atoms with van der Waals surface area (Å²) in [4.78, 5) is 0. The summed E-state index contributed by atoms with van der Waals surface area (Å²) < 4.78 is 109. The maximum atomic E-state index is 11.9. The second kappa shape index (κ2) is 3.96. The van der Waals surface area contributed by atoms with Gasteiger partial charge in [0.15, 0.2) is 0 Å². The Hall–Kier alpha value is -0.0800. The van der Waals surface area contributed by atoms with E-state index >= 15 is 0 Å². The summed E-state index contributed by atoms with van der Waals surface area (Å²) in [5, 5.41) is 0. The molecule has 0 saturated heterocycles. The molecular formula is C3H2BrF6NO4S2. The lowest BCUT2D eigenvalue weighted by Gasteiger charge is -2.24. The predicted molar refractivity (Wildman–Crippen MR) is 45.8 cm³/mol. The molecule has 14 heteroatoms. The van der Waals surface area contributed by atoms with E-state index in [1.807, 2.05) is 0 Å². The molecule has 0 aromatic heterocycles. The van der Waals surface area contributed by atoms with Crippen molar-refractivity contribution in [3.63, 3.8) is 0 Å². The van der Waals surface area contributed by atoms with Crippen molar-refractivity contribution >= 4 is 35.6 Å². The van der Waals surface area contributed by atoms with Gasteiger partial charge in [-0.05, 0) is 15.9 Å². The van der Waals surface area contributed by atoms with E-state index in [0.717, 1.165) is 0 Å². The number of alkyl halides is 7. The van der Waals surface area contributed by atoms with Gasteiger partial charge in [0.25, 0.3) is 22.8 Å². The van der Waals surface area contributed by atoms with Crippen LogP contribution >= 0.6 is 15.9 Å². The highest BCUT2D eigenvalue weighted by atomic mass is 79.9. The molecule has 0 aliphatic rings. The second-order valence-corrected chi connectivity index (χ2v) is 9.27. The summed E-state index contributed by atoms with van der Waals surface area (Å²) in [6.45, 7) is 0. The first-order valence-electron chi connectivity index (χ1n) is 3.09. The molecule has 2 N–H and O–H groups in total. The maximum Gasteiger partial charge on any atom is 0.501 e. The third-order valence-corrected chi connectivity index (χ3v) is 7.90. The average molecular weight is 374 g/mol. The summed E-state index contributed by atoms with van der Waals surface area (Å²) >= 11 is 1.26. The molecular weight excluding hydrogens is 372 g/mol. The lowest BCUT2D eigenvalue weighted by molar-refractivity contribution is -0.0475. The van der Waals surface area contributed by atoms with Crippen LogP contribution in [0.25, 0.3) is 0 Å². The molecule has 0 amide bonds. The van der Waals surface area contributed by atoms with Gasteiger partial charge >= 0.3 is 11.0 Å². The zero-order valence-corrected chi connectivity index (χ0v) is 10.4. The first-order chi connectivity index (χ1) is 7.00. The number of rotatable bonds is 2. The zero-order valence-electron chi connectivity index (χ0n) is 7.17. The van der Waals surface area contributed by atoms with Gasteiger partial charge in [0.1, 0.15) is 0 Å². The number of halogens is 7. The van der Waals surface area contributed by atoms with Crippen LogP contribution in [0.2, 0.25) is 0 Å². The van der Waals surface area contributed by atoms with Crippen LogP contribution < -0.4 is 5.73 Å². The molecule has 5 nitrogen and oxygen atoms in total. The van der Waals surface area contributed by atoms with E-state index in [1.54, 1.807) is 0 Å². The van der Waals surface area contributed by atoms with Crippen molar-refractivity contribution in [2.75, 3.05) is 0 Å². The lowest BCUT2D eigenvalue weighted by atomic mass is 11.5. The van der Waals surface area contributed by atoms with Crippen LogP contribution in [0, 0.1) is 0 Å². The van der Waals surface area contributed by atoms with Gasteiger partial charge in [-0.2, -0.15) is 26.3 Å². The van der Waals surface area contributed by atoms with Crippen molar-refractivity contribution in [2.24, 2.45) is 5.73 Å². The molecule has 0 aromatic rings. The molecule has 0 spiro atoms. The fourth-order valence-corrected chi connectivity index (χ4v) is 3.91. The van der Waals surface area contributed by atoms with Gasteiger partial charge in [0.05, 0.1) is 0 Å². The minimum Gasteiger partial charge on any atom is -0.290 e. The summed E-state index contributed by atoms with van der Waals surface area (Å²) in [6.07, 6.45) is 0. The SMILES string of the molecule is NC(Br)(S(=O)(=O)C(F)(F)F)S(=O)(=O)C(F)(F)F. The van der Waals surface area contributed by atoms with Crippen LogP contribution in [0.1, 0.15) is 0 Å². The minimum absolute atomic E-state index is 1.26. The number of nitrogens with two attached hydrogens (primary N) is 1. The highest BCUT2D eigenvalue weighted by Crippen LogP contribution is 2.43. The van der Waals surface area contributed by atoms with Gasteiger partial charge in [0, 0.05) is 0 Å². The van der Waals surface area contributed by atoms with Crippen LogP contribution in [0.5, 0.6) is 0 Å². The normalized spacial score (nSPS) is 16.0.